The number of hydrogen-bond donors (Lipinski definition) is 0. The lowest BCUT2D eigenvalue weighted by Gasteiger charge is -2.02. The molecule has 25 heavy (non-hydrogen) atoms. The SMILES string of the molecule is N#Cc1ccc(/C=C2\N=C(c3ccc([N+](=O)[O-])cc3Cl)OC2=O)cc1. The third kappa shape index (κ3) is 3.39. The molecule has 0 saturated heterocycles. The van der Waals surface area contributed by atoms with Crippen molar-refractivity contribution in [2.75, 3.05) is 0 Å². The molecule has 0 spiro atoms. The Morgan fingerprint density at radius 1 is 1.24 bits per heavy atom. The van der Waals surface area contributed by atoms with Crippen molar-refractivity contribution >= 4 is 35.2 Å². The van der Waals surface area contributed by atoms with E-state index in [1.165, 1.54) is 18.2 Å². The minimum Gasteiger partial charge on any atom is -0.402 e. The fourth-order valence-electron chi connectivity index (χ4n) is 2.13. The second-order valence-electron chi connectivity index (χ2n) is 4.99. The molecule has 1 aliphatic rings. The molecule has 0 bridgehead atoms. The Hall–Kier alpha value is -3.50. The first-order valence-electron chi connectivity index (χ1n) is 6.95. The van der Waals surface area contributed by atoms with Crippen LogP contribution in [0.5, 0.6) is 0 Å². The predicted octanol–water partition coefficient (Wildman–Crippen LogP) is 3.46. The monoisotopic (exact) mass is 353 g/mol. The van der Waals surface area contributed by atoms with Crippen LogP contribution in [0.15, 0.2) is 53.2 Å². The van der Waals surface area contributed by atoms with Gasteiger partial charge in [-0.25, -0.2) is 9.79 Å². The molecule has 0 aliphatic carbocycles. The second-order valence-corrected chi connectivity index (χ2v) is 5.40. The van der Waals surface area contributed by atoms with Gasteiger partial charge in [-0.05, 0) is 29.8 Å². The van der Waals surface area contributed by atoms with Crippen LogP contribution in [0.2, 0.25) is 5.02 Å². The molecule has 7 nitrogen and oxygen atoms in total. The number of nitriles is 1. The lowest BCUT2D eigenvalue weighted by Crippen LogP contribution is -2.06. The van der Waals surface area contributed by atoms with E-state index in [0.29, 0.717) is 11.1 Å². The molecule has 0 atom stereocenters. The van der Waals surface area contributed by atoms with Crippen LogP contribution in [0.25, 0.3) is 6.08 Å². The Labute approximate surface area is 146 Å². The van der Waals surface area contributed by atoms with Gasteiger partial charge in [-0.15, -0.1) is 0 Å². The zero-order valence-corrected chi connectivity index (χ0v) is 13.2. The normalized spacial score (nSPS) is 14.8. The summed E-state index contributed by atoms with van der Waals surface area (Å²) >= 11 is 6.02. The molecule has 0 amide bonds. The molecule has 0 unspecified atom stereocenters. The number of cyclic esters (lactones) is 1. The van der Waals surface area contributed by atoms with Crippen molar-refractivity contribution in [1.82, 2.24) is 0 Å². The highest BCUT2D eigenvalue weighted by Crippen LogP contribution is 2.27. The molecule has 0 radical (unpaired) electrons. The molecule has 2 aromatic carbocycles. The van der Waals surface area contributed by atoms with Crippen molar-refractivity contribution in [3.05, 3.63) is 80.0 Å². The molecular formula is C17H8ClN3O4. The Bertz CT molecular complexity index is 988. The second kappa shape index (κ2) is 6.55. The number of carbonyl (C=O) groups excluding carboxylic acids is 1. The summed E-state index contributed by atoms with van der Waals surface area (Å²) in [6.07, 6.45) is 1.51. The Balaban J connectivity index is 1.93. The number of halogens is 1. The Morgan fingerprint density at radius 2 is 1.96 bits per heavy atom. The van der Waals surface area contributed by atoms with Gasteiger partial charge in [0.2, 0.25) is 5.90 Å². The van der Waals surface area contributed by atoms with Crippen LogP contribution < -0.4 is 0 Å². The van der Waals surface area contributed by atoms with Gasteiger partial charge in [-0.2, -0.15) is 5.26 Å². The van der Waals surface area contributed by atoms with Crippen molar-refractivity contribution in [3.8, 4) is 6.07 Å². The summed E-state index contributed by atoms with van der Waals surface area (Å²) in [5.41, 5.74) is 1.34. The number of non-ortho nitro benzene ring substituents is 1. The highest BCUT2D eigenvalue weighted by Gasteiger charge is 2.26. The lowest BCUT2D eigenvalue weighted by atomic mass is 10.1. The van der Waals surface area contributed by atoms with Gasteiger partial charge < -0.3 is 4.74 Å². The molecule has 0 saturated carbocycles. The van der Waals surface area contributed by atoms with Gasteiger partial charge in [0.05, 0.1) is 27.1 Å². The van der Waals surface area contributed by atoms with Crippen LogP contribution in [0.1, 0.15) is 16.7 Å². The molecule has 3 rings (SSSR count). The first-order valence-corrected chi connectivity index (χ1v) is 7.33. The van der Waals surface area contributed by atoms with Gasteiger partial charge in [0, 0.05) is 12.1 Å². The van der Waals surface area contributed by atoms with Crippen molar-refractivity contribution in [2.45, 2.75) is 0 Å². The van der Waals surface area contributed by atoms with Crippen LogP contribution in [0.3, 0.4) is 0 Å². The molecule has 122 valence electrons. The molecule has 2 aromatic rings. The zero-order valence-electron chi connectivity index (χ0n) is 12.5. The average molecular weight is 354 g/mol. The fraction of sp³-hybridized carbons (Fsp3) is 0. The van der Waals surface area contributed by atoms with Crippen molar-refractivity contribution in [3.63, 3.8) is 0 Å². The third-order valence-electron chi connectivity index (χ3n) is 3.36. The molecule has 1 heterocycles. The quantitative estimate of drug-likeness (QED) is 0.363. The molecule has 0 fully saturated rings. The topological polar surface area (TPSA) is 106 Å². The number of nitro groups is 1. The number of ether oxygens (including phenoxy) is 1. The van der Waals surface area contributed by atoms with E-state index in [9.17, 15) is 14.9 Å². The summed E-state index contributed by atoms with van der Waals surface area (Å²) in [6, 6.07) is 12.4. The minimum atomic E-state index is -0.659. The van der Waals surface area contributed by atoms with Gasteiger partial charge in [-0.1, -0.05) is 23.7 Å². The highest BCUT2D eigenvalue weighted by atomic mass is 35.5. The van der Waals surface area contributed by atoms with Gasteiger partial charge in [0.1, 0.15) is 0 Å². The van der Waals surface area contributed by atoms with Crippen LogP contribution in [0, 0.1) is 21.4 Å². The maximum absolute atomic E-state index is 12.0. The largest absolute Gasteiger partial charge is 0.402 e. The van der Waals surface area contributed by atoms with Gasteiger partial charge in [0.15, 0.2) is 5.70 Å². The summed E-state index contributed by atoms with van der Waals surface area (Å²) < 4.78 is 5.09. The number of nitro benzene ring substituents is 1. The summed E-state index contributed by atoms with van der Waals surface area (Å²) in [6.45, 7) is 0. The zero-order chi connectivity index (χ0) is 18.0. The fourth-order valence-corrected chi connectivity index (χ4v) is 2.38. The first-order chi connectivity index (χ1) is 12.0. The Morgan fingerprint density at radius 3 is 2.56 bits per heavy atom. The number of nitrogens with zero attached hydrogens (tertiary/aromatic N) is 3. The van der Waals surface area contributed by atoms with E-state index in [1.807, 2.05) is 6.07 Å². The van der Waals surface area contributed by atoms with Crippen LogP contribution in [0.4, 0.5) is 5.69 Å². The molecule has 0 N–H and O–H groups in total. The van der Waals surface area contributed by atoms with E-state index in [-0.39, 0.29) is 27.9 Å². The van der Waals surface area contributed by atoms with E-state index in [2.05, 4.69) is 4.99 Å². The summed E-state index contributed by atoms with van der Waals surface area (Å²) in [5, 5.41) is 19.6. The maximum Gasteiger partial charge on any atom is 0.363 e. The number of hydrogen-bond acceptors (Lipinski definition) is 6. The molecule has 8 heteroatoms. The molecular weight excluding hydrogens is 346 g/mol. The summed E-state index contributed by atoms with van der Waals surface area (Å²) in [5.74, 6) is -0.682. The van der Waals surface area contributed by atoms with E-state index >= 15 is 0 Å². The van der Waals surface area contributed by atoms with Gasteiger partial charge in [-0.3, -0.25) is 10.1 Å². The van der Waals surface area contributed by atoms with E-state index in [0.717, 1.165) is 6.07 Å². The number of aliphatic imine (C=N–C) groups is 1. The Kier molecular flexibility index (Phi) is 4.29. The maximum atomic E-state index is 12.0. The van der Waals surface area contributed by atoms with Crippen molar-refractivity contribution < 1.29 is 14.5 Å². The summed E-state index contributed by atoms with van der Waals surface area (Å²) in [7, 11) is 0. The van der Waals surface area contributed by atoms with Crippen LogP contribution >= 0.6 is 11.6 Å². The predicted molar refractivity (Wildman–Crippen MR) is 89.9 cm³/mol. The average Bonchev–Trinajstić information content (AvgIpc) is 2.95. The molecule has 0 aromatic heterocycles. The molecule has 1 aliphatic heterocycles. The first kappa shape index (κ1) is 16.4. The number of esters is 1. The van der Waals surface area contributed by atoms with E-state index in [4.69, 9.17) is 21.6 Å². The van der Waals surface area contributed by atoms with Crippen molar-refractivity contribution in [2.24, 2.45) is 4.99 Å². The smallest absolute Gasteiger partial charge is 0.363 e. The van der Waals surface area contributed by atoms with Crippen molar-refractivity contribution in [1.29, 1.82) is 5.26 Å². The summed E-state index contributed by atoms with van der Waals surface area (Å²) in [4.78, 5) is 26.2. The van der Waals surface area contributed by atoms with E-state index in [1.54, 1.807) is 24.3 Å². The number of rotatable bonds is 3. The van der Waals surface area contributed by atoms with Gasteiger partial charge >= 0.3 is 5.97 Å². The van der Waals surface area contributed by atoms with Gasteiger partial charge in [0.25, 0.3) is 5.69 Å². The number of benzene rings is 2. The minimum absolute atomic E-state index is 0.0233. The standard InChI is InChI=1S/C17H8ClN3O4/c18-14-8-12(21(23)24)5-6-13(14)16-20-15(17(22)25-16)7-10-1-3-11(9-19)4-2-10/h1-8H/b15-7-. The van der Waals surface area contributed by atoms with Crippen LogP contribution in [-0.4, -0.2) is 16.8 Å². The number of carbonyl (C=O) groups is 1. The lowest BCUT2D eigenvalue weighted by molar-refractivity contribution is -0.384. The highest BCUT2D eigenvalue weighted by molar-refractivity contribution is 6.34. The van der Waals surface area contributed by atoms with Crippen LogP contribution in [-0.2, 0) is 9.53 Å². The third-order valence-corrected chi connectivity index (χ3v) is 3.67. The van der Waals surface area contributed by atoms with E-state index < -0.39 is 10.9 Å².